The van der Waals surface area contributed by atoms with E-state index in [2.05, 4.69) is 24.0 Å². The minimum Gasteiger partial charge on any atom is -0.312 e. The fourth-order valence-electron chi connectivity index (χ4n) is 4.58. The number of likely N-dealkylation sites (tertiary alicyclic amines) is 1. The van der Waals surface area contributed by atoms with Gasteiger partial charge in [-0.15, -0.1) is 11.3 Å². The summed E-state index contributed by atoms with van der Waals surface area (Å²) in [6.07, 6.45) is 7.34. The molecule has 0 radical (unpaired) electrons. The van der Waals surface area contributed by atoms with E-state index in [1.807, 2.05) is 22.3 Å². The first-order chi connectivity index (χ1) is 12.2. The number of carbonyl (C=O) groups is 1. The van der Waals surface area contributed by atoms with Crippen LogP contribution in [0.3, 0.4) is 0 Å². The number of benzene rings is 1. The normalized spacial score (nSPS) is 30.4. The molecule has 3 fully saturated rings. The maximum atomic E-state index is 11.7. The van der Waals surface area contributed by atoms with Crippen LogP contribution >= 0.6 is 11.3 Å². The van der Waals surface area contributed by atoms with Crippen molar-refractivity contribution in [3.05, 3.63) is 23.2 Å². The zero-order valence-electron chi connectivity index (χ0n) is 14.8. The van der Waals surface area contributed by atoms with Gasteiger partial charge in [-0.3, -0.25) is 9.69 Å². The van der Waals surface area contributed by atoms with Crippen molar-refractivity contribution in [3.8, 4) is 0 Å². The number of rotatable bonds is 3. The summed E-state index contributed by atoms with van der Waals surface area (Å²) in [6.45, 7) is 4.53. The van der Waals surface area contributed by atoms with E-state index >= 15 is 0 Å². The first-order valence-electron chi connectivity index (χ1n) is 9.65. The second kappa shape index (κ2) is 6.06. The molecule has 0 bridgehead atoms. The van der Waals surface area contributed by atoms with Crippen LogP contribution in [-0.4, -0.2) is 41.0 Å². The molecule has 0 N–H and O–H groups in total. The van der Waals surface area contributed by atoms with E-state index in [1.165, 1.54) is 48.4 Å². The van der Waals surface area contributed by atoms with E-state index in [-0.39, 0.29) is 5.91 Å². The molecular weight excluding hydrogens is 330 g/mol. The van der Waals surface area contributed by atoms with Gasteiger partial charge in [-0.25, -0.2) is 4.98 Å². The van der Waals surface area contributed by atoms with E-state index in [0.717, 1.165) is 29.8 Å². The Morgan fingerprint density at radius 2 is 2.08 bits per heavy atom. The maximum Gasteiger partial charge on any atom is 0.228 e. The Balaban J connectivity index is 1.30. The minimum atomic E-state index is 0.238. The number of piperidine rings is 1. The average Bonchev–Trinajstić information content (AvgIpc) is 2.96. The number of amides is 1. The third-order valence-corrected chi connectivity index (χ3v) is 7.52. The number of carbonyl (C=O) groups excluding carboxylic acids is 1. The molecule has 2 aromatic rings. The van der Waals surface area contributed by atoms with Crippen LogP contribution in [0, 0.1) is 0 Å². The second-order valence-electron chi connectivity index (χ2n) is 7.90. The molecule has 1 aliphatic carbocycles. The van der Waals surface area contributed by atoms with Crippen molar-refractivity contribution in [3.63, 3.8) is 0 Å². The predicted octanol–water partition coefficient (Wildman–Crippen LogP) is 4.15. The van der Waals surface area contributed by atoms with Crippen LogP contribution in [0.5, 0.6) is 0 Å². The summed E-state index contributed by atoms with van der Waals surface area (Å²) in [6, 6.07) is 7.80. The molecule has 2 aliphatic heterocycles. The molecule has 0 spiro atoms. The van der Waals surface area contributed by atoms with E-state index in [1.54, 1.807) is 0 Å². The molecule has 0 unspecified atom stereocenters. The Kier molecular flexibility index (Phi) is 3.82. The van der Waals surface area contributed by atoms with Crippen molar-refractivity contribution >= 4 is 33.1 Å². The van der Waals surface area contributed by atoms with Crippen LogP contribution in [-0.2, 0) is 4.79 Å². The fourth-order valence-corrected chi connectivity index (χ4v) is 5.71. The number of anilines is 1. The maximum absolute atomic E-state index is 11.7. The molecule has 1 amide bonds. The lowest BCUT2D eigenvalue weighted by molar-refractivity contribution is -0.122. The topological polar surface area (TPSA) is 36.4 Å². The van der Waals surface area contributed by atoms with Crippen LogP contribution in [0.1, 0.15) is 56.4 Å². The van der Waals surface area contributed by atoms with Gasteiger partial charge in [-0.1, -0.05) is 6.42 Å². The van der Waals surface area contributed by atoms with Gasteiger partial charge in [0.1, 0.15) is 0 Å². The second-order valence-corrected chi connectivity index (χ2v) is 8.97. The van der Waals surface area contributed by atoms with E-state index in [0.29, 0.717) is 12.3 Å². The van der Waals surface area contributed by atoms with Gasteiger partial charge in [0, 0.05) is 36.7 Å². The first-order valence-corrected chi connectivity index (χ1v) is 10.5. The minimum absolute atomic E-state index is 0.238. The van der Waals surface area contributed by atoms with Crippen molar-refractivity contribution in [2.45, 2.75) is 63.5 Å². The van der Waals surface area contributed by atoms with Gasteiger partial charge >= 0.3 is 0 Å². The number of hydrogen-bond acceptors (Lipinski definition) is 4. The molecule has 4 nitrogen and oxygen atoms in total. The van der Waals surface area contributed by atoms with Crippen LogP contribution in [0.4, 0.5) is 5.69 Å². The third kappa shape index (κ3) is 2.68. The molecule has 2 saturated heterocycles. The number of hydrogen-bond donors (Lipinski definition) is 0. The molecule has 3 heterocycles. The lowest BCUT2D eigenvalue weighted by atomic mass is 9.78. The molecular formula is C20H25N3OS. The van der Waals surface area contributed by atoms with Gasteiger partial charge in [0.25, 0.3) is 0 Å². The number of thiazole rings is 1. The van der Waals surface area contributed by atoms with Crippen molar-refractivity contribution < 1.29 is 4.79 Å². The number of aromatic nitrogens is 1. The lowest BCUT2D eigenvalue weighted by Gasteiger charge is -2.47. The Morgan fingerprint density at radius 3 is 2.80 bits per heavy atom. The highest BCUT2D eigenvalue weighted by Crippen LogP contribution is 2.44. The smallest absolute Gasteiger partial charge is 0.228 e. The predicted molar refractivity (Wildman–Crippen MR) is 102 cm³/mol. The Morgan fingerprint density at radius 1 is 1.20 bits per heavy atom. The number of fused-ring (bicyclic) bond motifs is 1. The van der Waals surface area contributed by atoms with E-state index in [4.69, 9.17) is 4.98 Å². The van der Waals surface area contributed by atoms with E-state index in [9.17, 15) is 4.79 Å². The Bertz CT molecular complexity index is 810. The summed E-state index contributed by atoms with van der Waals surface area (Å²) >= 11 is 1.83. The average molecular weight is 356 g/mol. The molecule has 132 valence electrons. The Hall–Kier alpha value is -1.46. The molecule has 1 saturated carbocycles. The van der Waals surface area contributed by atoms with Gasteiger partial charge in [-0.05, 0) is 57.4 Å². The van der Waals surface area contributed by atoms with E-state index < -0.39 is 0 Å². The quantitative estimate of drug-likeness (QED) is 0.776. The standard InChI is InChI=1S/C20H25N3OS/c1-13-4-2-3-8-22(13)16-10-14(11-16)20-21-17-6-5-15(12-18(17)25-20)23-9-7-19(23)24/h5-6,12-14,16H,2-4,7-11H2,1H3/t13-,14?,16?/m0/s1. The van der Waals surface area contributed by atoms with Crippen molar-refractivity contribution in [1.82, 2.24) is 9.88 Å². The molecule has 1 aromatic heterocycles. The summed E-state index contributed by atoms with van der Waals surface area (Å²) < 4.78 is 1.22. The van der Waals surface area contributed by atoms with Crippen molar-refractivity contribution in [2.24, 2.45) is 0 Å². The SMILES string of the molecule is C[C@H]1CCCCN1C1CC(c2nc3ccc(N4CCC4=O)cc3s2)C1. The van der Waals surface area contributed by atoms with Crippen LogP contribution in [0.2, 0.25) is 0 Å². The fraction of sp³-hybridized carbons (Fsp3) is 0.600. The highest BCUT2D eigenvalue weighted by Gasteiger charge is 2.38. The van der Waals surface area contributed by atoms with Crippen LogP contribution in [0.25, 0.3) is 10.2 Å². The summed E-state index contributed by atoms with van der Waals surface area (Å²) in [7, 11) is 0. The van der Waals surface area contributed by atoms with Crippen molar-refractivity contribution in [1.29, 1.82) is 0 Å². The van der Waals surface area contributed by atoms with Gasteiger partial charge in [-0.2, -0.15) is 0 Å². The summed E-state index contributed by atoms with van der Waals surface area (Å²) in [5.41, 5.74) is 2.12. The Labute approximate surface area is 152 Å². The zero-order chi connectivity index (χ0) is 17.0. The summed E-state index contributed by atoms with van der Waals surface area (Å²) in [4.78, 5) is 21.2. The molecule has 3 aliphatic rings. The molecule has 5 rings (SSSR count). The molecule has 1 aromatic carbocycles. The van der Waals surface area contributed by atoms with Gasteiger partial charge < -0.3 is 4.90 Å². The zero-order valence-corrected chi connectivity index (χ0v) is 15.6. The van der Waals surface area contributed by atoms with Crippen LogP contribution < -0.4 is 4.90 Å². The monoisotopic (exact) mass is 355 g/mol. The van der Waals surface area contributed by atoms with Gasteiger partial charge in [0.05, 0.1) is 15.2 Å². The van der Waals surface area contributed by atoms with Gasteiger partial charge in [0.15, 0.2) is 0 Å². The highest BCUT2D eigenvalue weighted by molar-refractivity contribution is 7.18. The third-order valence-electron chi connectivity index (χ3n) is 6.34. The molecule has 25 heavy (non-hydrogen) atoms. The first kappa shape index (κ1) is 15.8. The lowest BCUT2D eigenvalue weighted by Crippen LogP contribution is -2.50. The largest absolute Gasteiger partial charge is 0.312 e. The van der Waals surface area contributed by atoms with Crippen molar-refractivity contribution in [2.75, 3.05) is 18.0 Å². The molecule has 1 atom stereocenters. The highest BCUT2D eigenvalue weighted by atomic mass is 32.1. The van der Waals surface area contributed by atoms with Gasteiger partial charge in [0.2, 0.25) is 5.91 Å². The summed E-state index contributed by atoms with van der Waals surface area (Å²) in [5.74, 6) is 0.868. The summed E-state index contributed by atoms with van der Waals surface area (Å²) in [5, 5.41) is 1.29. The molecule has 5 heteroatoms. The van der Waals surface area contributed by atoms with Crippen LogP contribution in [0.15, 0.2) is 18.2 Å². The number of β-lactam (4-membered cyclic amide) rings is 1. The number of nitrogens with zero attached hydrogens (tertiary/aromatic N) is 3.